The van der Waals surface area contributed by atoms with E-state index in [0.29, 0.717) is 6.07 Å². The summed E-state index contributed by atoms with van der Waals surface area (Å²) in [6.45, 7) is 0. The van der Waals surface area contributed by atoms with Crippen molar-refractivity contribution in [2.45, 2.75) is 6.18 Å². The first kappa shape index (κ1) is 8.63. The lowest BCUT2D eigenvalue weighted by Crippen LogP contribution is -2.21. The minimum absolute atomic E-state index is 0.0898. The second-order valence-electron chi connectivity index (χ2n) is 2.15. The summed E-state index contributed by atoms with van der Waals surface area (Å²) in [4.78, 5) is 12.5. The minimum atomic E-state index is -4.62. The number of aromatic amines is 1. The highest BCUT2D eigenvalue weighted by Crippen LogP contribution is 2.25. The molecule has 1 aromatic rings. The van der Waals surface area contributed by atoms with Crippen LogP contribution in [0.5, 0.6) is 0 Å². The summed E-state index contributed by atoms with van der Waals surface area (Å²) in [5.41, 5.74) is 2.59. The van der Waals surface area contributed by atoms with Gasteiger partial charge in [0.05, 0.1) is 0 Å². The van der Waals surface area contributed by atoms with E-state index in [4.69, 9.17) is 5.73 Å². The summed E-state index contributed by atoms with van der Waals surface area (Å²) in [6.07, 6.45) is -4.62. The summed E-state index contributed by atoms with van der Waals surface area (Å²) in [5.74, 6) is -0.0898. The van der Waals surface area contributed by atoms with Gasteiger partial charge in [-0.05, 0) is 12.1 Å². The zero-order valence-corrected chi connectivity index (χ0v) is 5.77. The maximum atomic E-state index is 11.9. The monoisotopic (exact) mass is 178 g/mol. The number of nitrogens with one attached hydrogen (secondary N) is 1. The number of pyridine rings is 1. The summed E-state index contributed by atoms with van der Waals surface area (Å²) >= 11 is 0. The Morgan fingerprint density at radius 2 is 1.92 bits per heavy atom. The molecule has 0 unspecified atom stereocenters. The topological polar surface area (TPSA) is 58.9 Å². The molecular weight excluding hydrogens is 173 g/mol. The Balaban J connectivity index is 3.29. The lowest BCUT2D eigenvalue weighted by atomic mass is 10.3. The third-order valence-electron chi connectivity index (χ3n) is 1.24. The van der Waals surface area contributed by atoms with E-state index in [1.54, 1.807) is 0 Å². The Kier molecular flexibility index (Phi) is 1.83. The van der Waals surface area contributed by atoms with Gasteiger partial charge in [0.25, 0.3) is 5.56 Å². The van der Waals surface area contributed by atoms with Crippen molar-refractivity contribution in [3.63, 3.8) is 0 Å². The molecule has 0 aromatic carbocycles. The van der Waals surface area contributed by atoms with Gasteiger partial charge in [0.1, 0.15) is 11.4 Å². The quantitative estimate of drug-likeness (QED) is 0.622. The van der Waals surface area contributed by atoms with Crippen LogP contribution in [0.2, 0.25) is 0 Å². The number of alkyl halides is 3. The smallest absolute Gasteiger partial charge is 0.385 e. The number of hydrogen-bond acceptors (Lipinski definition) is 2. The van der Waals surface area contributed by atoms with Gasteiger partial charge in [0.2, 0.25) is 0 Å². The predicted octanol–water partition coefficient (Wildman–Crippen LogP) is 0.976. The van der Waals surface area contributed by atoms with Gasteiger partial charge in [-0.1, -0.05) is 0 Å². The maximum Gasteiger partial charge on any atom is 0.421 e. The molecule has 0 fully saturated rings. The maximum absolute atomic E-state index is 11.9. The molecule has 1 aromatic heterocycles. The van der Waals surface area contributed by atoms with Crippen molar-refractivity contribution in [3.8, 4) is 0 Å². The average molecular weight is 178 g/mol. The van der Waals surface area contributed by atoms with Crippen molar-refractivity contribution < 1.29 is 13.2 Å². The number of anilines is 1. The molecule has 0 radical (unpaired) electrons. The Bertz CT molecular complexity index is 341. The van der Waals surface area contributed by atoms with E-state index >= 15 is 0 Å². The number of aromatic nitrogens is 1. The van der Waals surface area contributed by atoms with E-state index in [9.17, 15) is 18.0 Å². The molecule has 0 aliphatic carbocycles. The van der Waals surface area contributed by atoms with Crippen LogP contribution in [-0.2, 0) is 6.18 Å². The first-order chi connectivity index (χ1) is 5.41. The van der Waals surface area contributed by atoms with Crippen LogP contribution in [0.25, 0.3) is 0 Å². The van der Waals surface area contributed by atoms with Crippen LogP contribution in [0.3, 0.4) is 0 Å². The van der Waals surface area contributed by atoms with E-state index in [1.165, 1.54) is 0 Å². The Morgan fingerprint density at radius 3 is 2.33 bits per heavy atom. The molecule has 1 heterocycles. The Morgan fingerprint density at radius 1 is 1.33 bits per heavy atom. The highest BCUT2D eigenvalue weighted by Gasteiger charge is 2.33. The number of hydrogen-bond donors (Lipinski definition) is 2. The number of halogens is 3. The lowest BCUT2D eigenvalue weighted by Gasteiger charge is -2.04. The first-order valence-electron chi connectivity index (χ1n) is 2.97. The Labute approximate surface area is 65.0 Å². The fourth-order valence-electron chi connectivity index (χ4n) is 0.712. The van der Waals surface area contributed by atoms with E-state index in [2.05, 4.69) is 0 Å². The molecule has 0 atom stereocenters. The largest absolute Gasteiger partial charge is 0.421 e. The van der Waals surface area contributed by atoms with E-state index in [-0.39, 0.29) is 5.82 Å². The van der Waals surface area contributed by atoms with Gasteiger partial charge in [-0.2, -0.15) is 13.2 Å². The van der Waals surface area contributed by atoms with Gasteiger partial charge in [-0.15, -0.1) is 0 Å². The van der Waals surface area contributed by atoms with Crippen molar-refractivity contribution in [2.75, 3.05) is 5.73 Å². The molecule has 3 nitrogen and oxygen atoms in total. The van der Waals surface area contributed by atoms with Gasteiger partial charge >= 0.3 is 6.18 Å². The normalized spacial score (nSPS) is 11.6. The van der Waals surface area contributed by atoms with Crippen LogP contribution in [0.4, 0.5) is 19.0 Å². The van der Waals surface area contributed by atoms with Crippen molar-refractivity contribution >= 4 is 5.82 Å². The standard InChI is InChI=1S/C6H5F3N2O/c7-6(8,9)3-1-2-4(10)11-5(3)12/h1-2H,(H3,10,11,12). The third kappa shape index (κ3) is 1.58. The second kappa shape index (κ2) is 2.54. The Hall–Kier alpha value is -1.46. The molecule has 0 aliphatic rings. The van der Waals surface area contributed by atoms with Crippen LogP contribution in [0.1, 0.15) is 5.56 Å². The minimum Gasteiger partial charge on any atom is -0.385 e. The SMILES string of the molecule is Nc1ccc(C(F)(F)F)c(=O)[nH]1. The summed E-state index contributed by atoms with van der Waals surface area (Å²) in [5, 5.41) is 0. The van der Waals surface area contributed by atoms with Crippen LogP contribution >= 0.6 is 0 Å². The van der Waals surface area contributed by atoms with Crippen LogP contribution in [0, 0.1) is 0 Å². The highest BCUT2D eigenvalue weighted by molar-refractivity contribution is 5.30. The molecular formula is C6H5F3N2O. The molecule has 0 bridgehead atoms. The zero-order chi connectivity index (χ0) is 9.35. The van der Waals surface area contributed by atoms with Gasteiger partial charge in [0, 0.05) is 0 Å². The molecule has 0 saturated carbocycles. The van der Waals surface area contributed by atoms with Crippen molar-refractivity contribution in [3.05, 3.63) is 28.0 Å². The summed E-state index contributed by atoms with van der Waals surface area (Å²) in [7, 11) is 0. The molecule has 66 valence electrons. The van der Waals surface area contributed by atoms with Gasteiger partial charge in [-0.3, -0.25) is 4.79 Å². The number of nitrogen functional groups attached to an aromatic ring is 1. The highest BCUT2D eigenvalue weighted by atomic mass is 19.4. The first-order valence-corrected chi connectivity index (χ1v) is 2.97. The zero-order valence-electron chi connectivity index (χ0n) is 5.77. The molecule has 12 heavy (non-hydrogen) atoms. The number of H-pyrrole nitrogens is 1. The molecule has 0 saturated heterocycles. The number of rotatable bonds is 0. The fourth-order valence-corrected chi connectivity index (χ4v) is 0.712. The third-order valence-corrected chi connectivity index (χ3v) is 1.24. The predicted molar refractivity (Wildman–Crippen MR) is 36.5 cm³/mol. The fraction of sp³-hybridized carbons (Fsp3) is 0.167. The molecule has 1 rings (SSSR count). The molecule has 3 N–H and O–H groups in total. The van der Waals surface area contributed by atoms with E-state index in [1.807, 2.05) is 4.98 Å². The number of nitrogens with two attached hydrogens (primary N) is 1. The van der Waals surface area contributed by atoms with Crippen LogP contribution in [0.15, 0.2) is 16.9 Å². The molecule has 6 heteroatoms. The lowest BCUT2D eigenvalue weighted by molar-refractivity contribution is -0.138. The summed E-state index contributed by atoms with van der Waals surface area (Å²) in [6, 6.07) is 1.64. The molecule has 0 spiro atoms. The van der Waals surface area contributed by atoms with Crippen LogP contribution < -0.4 is 11.3 Å². The molecule has 0 amide bonds. The van der Waals surface area contributed by atoms with Crippen LogP contribution in [-0.4, -0.2) is 4.98 Å². The van der Waals surface area contributed by atoms with Gasteiger partial charge < -0.3 is 10.7 Å². The summed E-state index contributed by atoms with van der Waals surface area (Å²) < 4.78 is 35.8. The van der Waals surface area contributed by atoms with Gasteiger partial charge in [0.15, 0.2) is 0 Å². The van der Waals surface area contributed by atoms with Crippen molar-refractivity contribution in [1.29, 1.82) is 0 Å². The van der Waals surface area contributed by atoms with E-state index in [0.717, 1.165) is 6.07 Å². The average Bonchev–Trinajstić information content (AvgIpc) is 1.83. The van der Waals surface area contributed by atoms with Crippen molar-refractivity contribution in [2.24, 2.45) is 0 Å². The van der Waals surface area contributed by atoms with E-state index < -0.39 is 17.3 Å². The van der Waals surface area contributed by atoms with Crippen molar-refractivity contribution in [1.82, 2.24) is 4.98 Å². The van der Waals surface area contributed by atoms with Gasteiger partial charge in [-0.25, -0.2) is 0 Å². The molecule has 0 aliphatic heterocycles. The second-order valence-corrected chi connectivity index (χ2v) is 2.15.